The third kappa shape index (κ3) is 3.37. The van der Waals surface area contributed by atoms with Crippen LogP contribution in [-0.4, -0.2) is 26.9 Å². The van der Waals surface area contributed by atoms with Gasteiger partial charge in [0, 0.05) is 12.1 Å². The van der Waals surface area contributed by atoms with E-state index >= 15 is 0 Å². The van der Waals surface area contributed by atoms with Crippen molar-refractivity contribution in [1.29, 1.82) is 0 Å². The van der Waals surface area contributed by atoms with Gasteiger partial charge in [0.2, 0.25) is 0 Å². The van der Waals surface area contributed by atoms with Gasteiger partial charge in [-0.3, -0.25) is 0 Å². The highest BCUT2D eigenvalue weighted by atomic mass is 35.5. The summed E-state index contributed by atoms with van der Waals surface area (Å²) >= 11 is 0. The topological polar surface area (TPSA) is 30.5 Å². The third-order valence-corrected chi connectivity index (χ3v) is 3.22. The minimum Gasteiger partial charge on any atom is -0.496 e. The molecule has 1 aromatic rings. The molecule has 0 spiro atoms. The van der Waals surface area contributed by atoms with Gasteiger partial charge in [-0.1, -0.05) is 26.0 Å². The lowest BCUT2D eigenvalue weighted by atomic mass is 9.96. The van der Waals surface area contributed by atoms with Gasteiger partial charge in [0.15, 0.2) is 0 Å². The second-order valence-electron chi connectivity index (χ2n) is 4.74. The Hall–Kier alpha value is -0.770. The molecule has 1 N–H and O–H groups in total. The lowest BCUT2D eigenvalue weighted by Crippen LogP contribution is -2.34. The minimum absolute atomic E-state index is 0. The fraction of sp³-hybridized carbons (Fsp3) is 0.571. The molecule has 1 aliphatic heterocycles. The molecular weight excluding hydrogens is 250 g/mol. The van der Waals surface area contributed by atoms with Crippen LogP contribution in [0.3, 0.4) is 0 Å². The normalized spacial score (nSPS) is 19.4. The third-order valence-electron chi connectivity index (χ3n) is 3.22. The number of rotatable bonds is 3. The molecule has 1 heterocycles. The predicted octanol–water partition coefficient (Wildman–Crippen LogP) is 2.90. The molecule has 0 saturated carbocycles. The smallest absolute Gasteiger partial charge is 0.123 e. The number of methoxy groups -OCH3 is 1. The molecule has 2 rings (SSSR count). The molecule has 3 nitrogen and oxygen atoms in total. The number of hydrogen-bond donors (Lipinski definition) is 1. The first-order valence-corrected chi connectivity index (χ1v) is 6.21. The Labute approximate surface area is 115 Å². The number of hydrogen-bond acceptors (Lipinski definition) is 3. The van der Waals surface area contributed by atoms with Gasteiger partial charge < -0.3 is 14.8 Å². The zero-order valence-corrected chi connectivity index (χ0v) is 12.0. The van der Waals surface area contributed by atoms with Crippen molar-refractivity contribution in [3.05, 3.63) is 29.3 Å². The summed E-state index contributed by atoms with van der Waals surface area (Å²) in [5, 5.41) is 3.47. The highest BCUT2D eigenvalue weighted by Gasteiger charge is 2.19. The first-order chi connectivity index (χ1) is 8.22. The van der Waals surface area contributed by atoms with E-state index in [1.807, 2.05) is 0 Å². The van der Waals surface area contributed by atoms with Crippen molar-refractivity contribution >= 4 is 12.4 Å². The van der Waals surface area contributed by atoms with Gasteiger partial charge in [-0.2, -0.15) is 0 Å². The van der Waals surface area contributed by atoms with Gasteiger partial charge >= 0.3 is 0 Å². The van der Waals surface area contributed by atoms with Crippen LogP contribution in [0.4, 0.5) is 0 Å². The predicted molar refractivity (Wildman–Crippen MR) is 75.9 cm³/mol. The Balaban J connectivity index is 0.00000162. The monoisotopic (exact) mass is 271 g/mol. The average Bonchev–Trinajstić information content (AvgIpc) is 2.39. The van der Waals surface area contributed by atoms with Crippen LogP contribution in [0.2, 0.25) is 0 Å². The molecule has 1 aliphatic rings. The molecule has 4 heteroatoms. The standard InChI is InChI=1S/C14H21NO2.ClH/c1-10(2)11-4-5-14(16-3)12(8-11)13-9-17-7-6-15-13;/h4-5,8,10,13,15H,6-7,9H2,1-3H3;1H/t13-;/m1./s1. The second kappa shape index (κ2) is 6.98. The number of morpholine rings is 1. The van der Waals surface area contributed by atoms with Crippen molar-refractivity contribution in [1.82, 2.24) is 5.32 Å². The van der Waals surface area contributed by atoms with Crippen molar-refractivity contribution in [3.8, 4) is 5.75 Å². The maximum Gasteiger partial charge on any atom is 0.123 e. The molecule has 1 saturated heterocycles. The molecule has 0 aliphatic carbocycles. The lowest BCUT2D eigenvalue weighted by molar-refractivity contribution is 0.0760. The summed E-state index contributed by atoms with van der Waals surface area (Å²) in [4.78, 5) is 0. The van der Waals surface area contributed by atoms with E-state index in [0.29, 0.717) is 5.92 Å². The van der Waals surface area contributed by atoms with Gasteiger partial charge in [0.05, 0.1) is 26.4 Å². The Morgan fingerprint density at radius 2 is 2.17 bits per heavy atom. The van der Waals surface area contributed by atoms with Crippen LogP contribution >= 0.6 is 12.4 Å². The SMILES string of the molecule is COc1ccc(C(C)C)cc1[C@H]1COCCN1.Cl. The largest absolute Gasteiger partial charge is 0.496 e. The summed E-state index contributed by atoms with van der Waals surface area (Å²) in [6.45, 7) is 6.83. The molecule has 1 atom stereocenters. The van der Waals surface area contributed by atoms with Crippen molar-refractivity contribution in [2.75, 3.05) is 26.9 Å². The zero-order valence-electron chi connectivity index (χ0n) is 11.2. The summed E-state index contributed by atoms with van der Waals surface area (Å²) in [5.41, 5.74) is 2.55. The minimum atomic E-state index is 0. The molecule has 0 amide bonds. The molecular formula is C14H22ClNO2. The van der Waals surface area contributed by atoms with E-state index in [4.69, 9.17) is 9.47 Å². The second-order valence-corrected chi connectivity index (χ2v) is 4.74. The number of nitrogens with one attached hydrogen (secondary N) is 1. The van der Waals surface area contributed by atoms with Crippen molar-refractivity contribution in [3.63, 3.8) is 0 Å². The van der Waals surface area contributed by atoms with Gasteiger partial charge in [-0.05, 0) is 17.5 Å². The first-order valence-electron chi connectivity index (χ1n) is 6.21. The highest BCUT2D eigenvalue weighted by Crippen LogP contribution is 2.30. The summed E-state index contributed by atoms with van der Waals surface area (Å²) in [6.07, 6.45) is 0. The van der Waals surface area contributed by atoms with Crippen molar-refractivity contribution < 1.29 is 9.47 Å². The van der Waals surface area contributed by atoms with E-state index in [-0.39, 0.29) is 18.4 Å². The summed E-state index contributed by atoms with van der Waals surface area (Å²) < 4.78 is 11.0. The summed E-state index contributed by atoms with van der Waals surface area (Å²) in [6, 6.07) is 6.67. The van der Waals surface area contributed by atoms with Crippen LogP contribution in [0.15, 0.2) is 18.2 Å². The molecule has 0 bridgehead atoms. The number of halogens is 1. The lowest BCUT2D eigenvalue weighted by Gasteiger charge is -2.26. The Kier molecular flexibility index (Phi) is 5.93. The van der Waals surface area contributed by atoms with Crippen LogP contribution in [-0.2, 0) is 4.74 Å². The molecule has 102 valence electrons. The first kappa shape index (κ1) is 15.3. The Morgan fingerprint density at radius 3 is 2.72 bits per heavy atom. The molecule has 0 unspecified atom stereocenters. The van der Waals surface area contributed by atoms with Crippen LogP contribution in [0.25, 0.3) is 0 Å². The highest BCUT2D eigenvalue weighted by molar-refractivity contribution is 5.85. The van der Waals surface area contributed by atoms with Crippen molar-refractivity contribution in [2.45, 2.75) is 25.8 Å². The maximum atomic E-state index is 5.52. The van der Waals surface area contributed by atoms with Gasteiger partial charge in [0.25, 0.3) is 0 Å². The van der Waals surface area contributed by atoms with Crippen molar-refractivity contribution in [2.24, 2.45) is 0 Å². The summed E-state index contributed by atoms with van der Waals surface area (Å²) in [7, 11) is 1.72. The van der Waals surface area contributed by atoms with Gasteiger partial charge in [0.1, 0.15) is 5.75 Å². The van der Waals surface area contributed by atoms with E-state index in [9.17, 15) is 0 Å². The molecule has 1 fully saturated rings. The molecule has 0 radical (unpaired) electrons. The van der Waals surface area contributed by atoms with Crippen LogP contribution in [0.1, 0.15) is 36.9 Å². The Morgan fingerprint density at radius 1 is 1.39 bits per heavy atom. The molecule has 18 heavy (non-hydrogen) atoms. The number of benzene rings is 1. The maximum absolute atomic E-state index is 5.52. The van der Waals surface area contributed by atoms with E-state index in [1.165, 1.54) is 11.1 Å². The van der Waals surface area contributed by atoms with E-state index in [1.54, 1.807) is 7.11 Å². The van der Waals surface area contributed by atoms with Crippen LogP contribution in [0, 0.1) is 0 Å². The van der Waals surface area contributed by atoms with Gasteiger partial charge in [-0.25, -0.2) is 0 Å². The van der Waals surface area contributed by atoms with E-state index in [0.717, 1.165) is 25.5 Å². The van der Waals surface area contributed by atoms with Gasteiger partial charge in [-0.15, -0.1) is 12.4 Å². The zero-order chi connectivity index (χ0) is 12.3. The average molecular weight is 272 g/mol. The van der Waals surface area contributed by atoms with E-state index in [2.05, 4.69) is 37.4 Å². The van der Waals surface area contributed by atoms with E-state index < -0.39 is 0 Å². The number of ether oxygens (including phenoxy) is 2. The van der Waals surface area contributed by atoms with Crippen LogP contribution < -0.4 is 10.1 Å². The fourth-order valence-electron chi connectivity index (χ4n) is 2.15. The molecule has 0 aromatic heterocycles. The van der Waals surface area contributed by atoms with Crippen LogP contribution in [0.5, 0.6) is 5.75 Å². The summed E-state index contributed by atoms with van der Waals surface area (Å²) in [5.74, 6) is 1.47. The Bertz CT molecular complexity index is 376. The quantitative estimate of drug-likeness (QED) is 0.917. The fourth-order valence-corrected chi connectivity index (χ4v) is 2.15. The molecule has 1 aromatic carbocycles.